The number of nitro benzene ring substituents is 1. The number of hydrogen-bond donors (Lipinski definition) is 3. The lowest BCUT2D eigenvalue weighted by molar-refractivity contribution is -0.385. The van der Waals surface area contributed by atoms with Crippen molar-refractivity contribution < 1.29 is 24.0 Å². The Hall–Kier alpha value is -5.59. The van der Waals surface area contributed by atoms with E-state index in [1.54, 1.807) is 54.6 Å². The molecule has 5 rings (SSSR count). The fraction of sp³-hybridized carbons (Fsp3) is 0.0800. The van der Waals surface area contributed by atoms with Crippen LogP contribution in [0.3, 0.4) is 0 Å². The van der Waals surface area contributed by atoms with Gasteiger partial charge >= 0.3 is 0 Å². The van der Waals surface area contributed by atoms with Crippen LogP contribution in [0.4, 0.5) is 5.69 Å². The van der Waals surface area contributed by atoms with E-state index in [9.17, 15) is 24.5 Å². The van der Waals surface area contributed by atoms with Gasteiger partial charge in [0.05, 0.1) is 28.2 Å². The van der Waals surface area contributed by atoms with Crippen LogP contribution in [-0.4, -0.2) is 39.9 Å². The van der Waals surface area contributed by atoms with E-state index in [0.29, 0.717) is 16.7 Å². The molecule has 0 radical (unpaired) electrons. The summed E-state index contributed by atoms with van der Waals surface area (Å²) in [7, 11) is 0. The second-order valence-electron chi connectivity index (χ2n) is 8.01. The van der Waals surface area contributed by atoms with E-state index in [1.165, 1.54) is 12.1 Å². The van der Waals surface area contributed by atoms with E-state index in [4.69, 9.17) is 9.47 Å². The van der Waals surface area contributed by atoms with Crippen LogP contribution in [0.25, 0.3) is 10.8 Å². The third kappa shape index (κ3) is 4.75. The van der Waals surface area contributed by atoms with Crippen molar-refractivity contribution in [1.29, 1.82) is 0 Å². The van der Waals surface area contributed by atoms with Crippen molar-refractivity contribution in [3.8, 4) is 11.5 Å². The molecular formula is C25H18N6O7. The molecule has 0 saturated heterocycles. The summed E-state index contributed by atoms with van der Waals surface area (Å²) in [5, 5.41) is 25.0. The number of nitro groups is 1. The highest BCUT2D eigenvalue weighted by atomic mass is 16.7. The number of ether oxygens (including phenoxy) is 2. The Morgan fingerprint density at radius 3 is 2.47 bits per heavy atom. The molecule has 1 atom stereocenters. The van der Waals surface area contributed by atoms with Crippen molar-refractivity contribution in [3.05, 3.63) is 104 Å². The highest BCUT2D eigenvalue weighted by molar-refractivity contribution is 5.99. The van der Waals surface area contributed by atoms with Crippen LogP contribution in [0.2, 0.25) is 0 Å². The number of aromatic nitrogens is 2. The Balaban J connectivity index is 1.47. The van der Waals surface area contributed by atoms with Gasteiger partial charge in [0.2, 0.25) is 6.79 Å². The van der Waals surface area contributed by atoms with Crippen molar-refractivity contribution in [2.45, 2.75) is 6.04 Å². The normalized spacial score (nSPS) is 12.8. The number of amides is 2. The molecule has 0 aliphatic carbocycles. The third-order valence-electron chi connectivity index (χ3n) is 5.67. The number of hydrogen-bond acceptors (Lipinski definition) is 9. The molecule has 1 aliphatic heterocycles. The third-order valence-corrected chi connectivity index (χ3v) is 5.67. The lowest BCUT2D eigenvalue weighted by Gasteiger charge is -2.18. The molecule has 38 heavy (non-hydrogen) atoms. The molecule has 2 amide bonds. The van der Waals surface area contributed by atoms with E-state index < -0.39 is 28.3 Å². The van der Waals surface area contributed by atoms with Crippen LogP contribution >= 0.6 is 0 Å². The summed E-state index contributed by atoms with van der Waals surface area (Å²) in [5.41, 5.74) is 1.93. The van der Waals surface area contributed by atoms with E-state index in [1.807, 2.05) is 0 Å². The molecule has 3 N–H and O–H groups in total. The lowest BCUT2D eigenvalue weighted by atomic mass is 10.0. The molecule has 4 aromatic rings. The standard InChI is InChI=1S/C25H18N6O7/c32-23(14-6-2-1-3-7-14)27-22(21-16-8-4-5-9-17(16)24(33)30-28-21)25(34)29-26-12-15-10-19-20(38-13-37-19)11-18(15)31(35)36/h1-12,22H,13H2,(H,27,32)(H,29,34)(H,30,33). The zero-order valence-electron chi connectivity index (χ0n) is 19.4. The van der Waals surface area contributed by atoms with Gasteiger partial charge in [0.15, 0.2) is 17.5 Å². The van der Waals surface area contributed by atoms with E-state index in [-0.39, 0.29) is 34.9 Å². The van der Waals surface area contributed by atoms with Gasteiger partial charge in [-0.1, -0.05) is 36.4 Å². The molecule has 0 spiro atoms. The molecular weight excluding hydrogens is 496 g/mol. The van der Waals surface area contributed by atoms with Gasteiger partial charge in [-0.05, 0) is 24.3 Å². The van der Waals surface area contributed by atoms with Crippen LogP contribution in [0.5, 0.6) is 11.5 Å². The molecule has 3 aromatic carbocycles. The van der Waals surface area contributed by atoms with E-state index >= 15 is 0 Å². The molecule has 190 valence electrons. The Labute approximate surface area is 213 Å². The number of carbonyl (C=O) groups is 2. The summed E-state index contributed by atoms with van der Waals surface area (Å²) < 4.78 is 10.4. The van der Waals surface area contributed by atoms with Crippen LogP contribution in [-0.2, 0) is 4.79 Å². The molecule has 13 heteroatoms. The van der Waals surface area contributed by atoms with Crippen molar-refractivity contribution in [3.63, 3.8) is 0 Å². The minimum absolute atomic E-state index is 0.0528. The molecule has 1 aliphatic rings. The van der Waals surface area contributed by atoms with Gasteiger partial charge < -0.3 is 14.8 Å². The van der Waals surface area contributed by atoms with Crippen molar-refractivity contribution in [2.24, 2.45) is 5.10 Å². The van der Waals surface area contributed by atoms with Crippen LogP contribution in [0.15, 0.2) is 76.6 Å². The highest BCUT2D eigenvalue weighted by Crippen LogP contribution is 2.37. The van der Waals surface area contributed by atoms with Gasteiger partial charge in [0, 0.05) is 10.9 Å². The van der Waals surface area contributed by atoms with Crippen molar-refractivity contribution in [1.82, 2.24) is 20.9 Å². The SMILES string of the molecule is O=C(NC(C(=O)NN=Cc1cc2c(cc1[N+](=O)[O-])OCO2)c1n[nH]c(=O)c2ccccc12)c1ccccc1. The van der Waals surface area contributed by atoms with Crippen molar-refractivity contribution >= 4 is 34.5 Å². The second-order valence-corrected chi connectivity index (χ2v) is 8.01. The number of nitrogens with zero attached hydrogens (tertiary/aromatic N) is 3. The molecule has 1 aromatic heterocycles. The number of aromatic amines is 1. The molecule has 13 nitrogen and oxygen atoms in total. The van der Waals surface area contributed by atoms with Crippen LogP contribution in [0.1, 0.15) is 27.7 Å². The van der Waals surface area contributed by atoms with Gasteiger partial charge in [0.1, 0.15) is 5.69 Å². The van der Waals surface area contributed by atoms with Gasteiger partial charge in [0.25, 0.3) is 23.1 Å². The number of hydrazone groups is 1. The smallest absolute Gasteiger partial charge is 0.282 e. The zero-order valence-corrected chi connectivity index (χ0v) is 19.4. The Bertz CT molecular complexity index is 1650. The zero-order chi connectivity index (χ0) is 26.6. The monoisotopic (exact) mass is 514 g/mol. The fourth-order valence-corrected chi connectivity index (χ4v) is 3.86. The van der Waals surface area contributed by atoms with Gasteiger partial charge in [-0.3, -0.25) is 24.5 Å². The number of carbonyl (C=O) groups excluding carboxylic acids is 2. The number of rotatable bonds is 7. The first-order chi connectivity index (χ1) is 18.4. The van der Waals surface area contributed by atoms with Crippen LogP contribution in [0, 0.1) is 10.1 Å². The number of nitrogens with one attached hydrogen (secondary N) is 3. The number of benzene rings is 3. The maximum Gasteiger partial charge on any atom is 0.282 e. The fourth-order valence-electron chi connectivity index (χ4n) is 3.86. The molecule has 1 unspecified atom stereocenters. The highest BCUT2D eigenvalue weighted by Gasteiger charge is 2.28. The Morgan fingerprint density at radius 1 is 1.05 bits per heavy atom. The Morgan fingerprint density at radius 2 is 1.74 bits per heavy atom. The minimum atomic E-state index is -1.38. The largest absolute Gasteiger partial charge is 0.454 e. The average Bonchev–Trinajstić information content (AvgIpc) is 3.40. The number of fused-ring (bicyclic) bond motifs is 2. The molecule has 0 saturated carbocycles. The minimum Gasteiger partial charge on any atom is -0.454 e. The maximum absolute atomic E-state index is 13.3. The van der Waals surface area contributed by atoms with Crippen LogP contribution < -0.4 is 25.8 Å². The van der Waals surface area contributed by atoms with Gasteiger partial charge in [-0.25, -0.2) is 10.5 Å². The maximum atomic E-state index is 13.3. The summed E-state index contributed by atoms with van der Waals surface area (Å²) in [4.78, 5) is 49.3. The number of H-pyrrole nitrogens is 1. The van der Waals surface area contributed by atoms with Crippen molar-refractivity contribution in [2.75, 3.05) is 6.79 Å². The van der Waals surface area contributed by atoms with Gasteiger partial charge in [-0.15, -0.1) is 0 Å². The average molecular weight is 514 g/mol. The summed E-state index contributed by atoms with van der Waals surface area (Å²) in [6.07, 6.45) is 1.08. The Kier molecular flexibility index (Phi) is 6.46. The summed E-state index contributed by atoms with van der Waals surface area (Å²) in [6, 6.07) is 15.9. The van der Waals surface area contributed by atoms with E-state index in [2.05, 4.69) is 26.0 Å². The molecule has 0 fully saturated rings. The summed E-state index contributed by atoms with van der Waals surface area (Å²) in [6.45, 7) is -0.0767. The predicted octanol–water partition coefficient (Wildman–Crippen LogP) is 2.18. The van der Waals surface area contributed by atoms with Gasteiger partial charge in [-0.2, -0.15) is 10.2 Å². The molecule has 2 heterocycles. The second kappa shape index (κ2) is 10.2. The summed E-state index contributed by atoms with van der Waals surface area (Å²) in [5.74, 6) is -0.866. The molecule has 0 bridgehead atoms. The first kappa shape index (κ1) is 24.1. The predicted molar refractivity (Wildman–Crippen MR) is 134 cm³/mol. The first-order valence-corrected chi connectivity index (χ1v) is 11.2. The topological polar surface area (TPSA) is 178 Å². The lowest BCUT2D eigenvalue weighted by Crippen LogP contribution is -2.40. The first-order valence-electron chi connectivity index (χ1n) is 11.2. The summed E-state index contributed by atoms with van der Waals surface area (Å²) >= 11 is 0. The quantitative estimate of drug-likeness (QED) is 0.191. The van der Waals surface area contributed by atoms with E-state index in [0.717, 1.165) is 6.21 Å².